The molecule has 2 heterocycles. The number of hydrogen-bond acceptors (Lipinski definition) is 4. The zero-order valence-electron chi connectivity index (χ0n) is 17.0. The number of likely N-dealkylation sites (N-methyl/N-ethyl adjacent to an activating group) is 1. The van der Waals surface area contributed by atoms with Gasteiger partial charge in [-0.15, -0.1) is 0 Å². The number of nitrogens with zero attached hydrogens (tertiary/aromatic N) is 3. The SMILES string of the molecule is COc1ccc(CCCN2CCN(C)CC2)cc1CN1CCC(C)CC1. The third-order valence-electron chi connectivity index (χ3n) is 6.15. The number of piperazine rings is 1. The molecule has 0 atom stereocenters. The summed E-state index contributed by atoms with van der Waals surface area (Å²) in [6, 6.07) is 6.82. The molecular weight excluding hydrogens is 322 g/mol. The van der Waals surface area contributed by atoms with Crippen LogP contribution in [0.3, 0.4) is 0 Å². The van der Waals surface area contributed by atoms with E-state index in [9.17, 15) is 0 Å². The molecule has 2 saturated heterocycles. The van der Waals surface area contributed by atoms with E-state index in [-0.39, 0.29) is 0 Å². The van der Waals surface area contributed by atoms with Crippen LogP contribution in [-0.4, -0.2) is 74.7 Å². The normalized spacial score (nSPS) is 21.2. The summed E-state index contributed by atoms with van der Waals surface area (Å²) in [4.78, 5) is 7.62. The Balaban J connectivity index is 1.51. The Labute approximate surface area is 160 Å². The first-order valence-electron chi connectivity index (χ1n) is 10.4. The number of aryl methyl sites for hydroxylation is 1. The maximum Gasteiger partial charge on any atom is 0.123 e. The van der Waals surface area contributed by atoms with Gasteiger partial charge >= 0.3 is 0 Å². The van der Waals surface area contributed by atoms with Gasteiger partial charge in [0.2, 0.25) is 0 Å². The van der Waals surface area contributed by atoms with Gasteiger partial charge in [0, 0.05) is 38.3 Å². The van der Waals surface area contributed by atoms with Crippen molar-refractivity contribution in [2.45, 2.75) is 39.2 Å². The number of piperidine rings is 1. The Kier molecular flexibility index (Phi) is 7.35. The van der Waals surface area contributed by atoms with Crippen LogP contribution in [0, 0.1) is 5.92 Å². The van der Waals surface area contributed by atoms with E-state index in [1.54, 1.807) is 7.11 Å². The molecule has 0 radical (unpaired) electrons. The highest BCUT2D eigenvalue weighted by atomic mass is 16.5. The molecule has 2 aliphatic rings. The van der Waals surface area contributed by atoms with Crippen molar-refractivity contribution in [3.05, 3.63) is 29.3 Å². The molecule has 1 aromatic carbocycles. The number of benzene rings is 1. The minimum Gasteiger partial charge on any atom is -0.496 e. The number of likely N-dealkylation sites (tertiary alicyclic amines) is 1. The summed E-state index contributed by atoms with van der Waals surface area (Å²) in [6.45, 7) is 11.9. The van der Waals surface area contributed by atoms with Crippen LogP contribution in [0.1, 0.15) is 37.3 Å². The monoisotopic (exact) mass is 359 g/mol. The standard InChI is InChI=1S/C22H37N3O/c1-19-8-11-25(12-9-19)18-21-17-20(6-7-22(21)26-3)5-4-10-24-15-13-23(2)14-16-24/h6-7,17,19H,4-5,8-16,18H2,1-3H3. The van der Waals surface area contributed by atoms with E-state index < -0.39 is 0 Å². The highest BCUT2D eigenvalue weighted by molar-refractivity contribution is 5.37. The molecule has 146 valence electrons. The lowest BCUT2D eigenvalue weighted by Crippen LogP contribution is -2.44. The maximum absolute atomic E-state index is 5.63. The van der Waals surface area contributed by atoms with E-state index in [0.29, 0.717) is 0 Å². The predicted molar refractivity (Wildman–Crippen MR) is 109 cm³/mol. The fraction of sp³-hybridized carbons (Fsp3) is 0.727. The number of hydrogen-bond donors (Lipinski definition) is 0. The molecule has 0 saturated carbocycles. The Hall–Kier alpha value is -1.10. The molecular formula is C22H37N3O. The average Bonchev–Trinajstić information content (AvgIpc) is 2.65. The van der Waals surface area contributed by atoms with Crippen LogP contribution in [0.2, 0.25) is 0 Å². The molecule has 0 spiro atoms. The predicted octanol–water partition coefficient (Wildman–Crippen LogP) is 3.11. The fourth-order valence-electron chi connectivity index (χ4n) is 4.15. The van der Waals surface area contributed by atoms with Crippen LogP contribution in [0.15, 0.2) is 18.2 Å². The van der Waals surface area contributed by atoms with E-state index in [0.717, 1.165) is 18.2 Å². The molecule has 26 heavy (non-hydrogen) atoms. The molecule has 0 N–H and O–H groups in total. The lowest BCUT2D eigenvalue weighted by molar-refractivity contribution is 0.153. The lowest BCUT2D eigenvalue weighted by atomic mass is 9.98. The van der Waals surface area contributed by atoms with Crippen LogP contribution < -0.4 is 4.74 Å². The second-order valence-electron chi connectivity index (χ2n) is 8.35. The van der Waals surface area contributed by atoms with Gasteiger partial charge in [-0.25, -0.2) is 0 Å². The lowest BCUT2D eigenvalue weighted by Gasteiger charge is -2.32. The average molecular weight is 360 g/mol. The van der Waals surface area contributed by atoms with Gasteiger partial charge in [-0.1, -0.05) is 19.1 Å². The highest BCUT2D eigenvalue weighted by Gasteiger charge is 2.18. The van der Waals surface area contributed by atoms with E-state index in [4.69, 9.17) is 4.74 Å². The van der Waals surface area contributed by atoms with Gasteiger partial charge in [-0.2, -0.15) is 0 Å². The number of rotatable bonds is 7. The molecule has 4 heteroatoms. The van der Waals surface area contributed by atoms with E-state index in [2.05, 4.69) is 46.9 Å². The van der Waals surface area contributed by atoms with Crippen LogP contribution in [0.25, 0.3) is 0 Å². The Morgan fingerprint density at radius 3 is 2.42 bits per heavy atom. The minimum absolute atomic E-state index is 0.883. The van der Waals surface area contributed by atoms with Crippen LogP contribution in [0.5, 0.6) is 5.75 Å². The second kappa shape index (κ2) is 9.72. The third kappa shape index (κ3) is 5.70. The topological polar surface area (TPSA) is 19.0 Å². The van der Waals surface area contributed by atoms with Crippen molar-refractivity contribution >= 4 is 0 Å². The largest absolute Gasteiger partial charge is 0.496 e. The van der Waals surface area contributed by atoms with Gasteiger partial charge in [-0.05, 0) is 69.9 Å². The smallest absolute Gasteiger partial charge is 0.123 e. The molecule has 3 rings (SSSR count). The van der Waals surface area contributed by atoms with Crippen LogP contribution in [-0.2, 0) is 13.0 Å². The summed E-state index contributed by atoms with van der Waals surface area (Å²) in [7, 11) is 4.02. The molecule has 0 amide bonds. The van der Waals surface area contributed by atoms with Crippen molar-refractivity contribution < 1.29 is 4.74 Å². The van der Waals surface area contributed by atoms with Gasteiger partial charge in [-0.3, -0.25) is 4.90 Å². The molecule has 4 nitrogen and oxygen atoms in total. The molecule has 0 bridgehead atoms. The van der Waals surface area contributed by atoms with Crippen molar-refractivity contribution in [1.82, 2.24) is 14.7 Å². The van der Waals surface area contributed by atoms with Crippen molar-refractivity contribution in [1.29, 1.82) is 0 Å². The first-order chi connectivity index (χ1) is 12.6. The fourth-order valence-corrected chi connectivity index (χ4v) is 4.15. The van der Waals surface area contributed by atoms with E-state index >= 15 is 0 Å². The number of ether oxygens (including phenoxy) is 1. The van der Waals surface area contributed by atoms with E-state index in [1.165, 1.54) is 82.6 Å². The van der Waals surface area contributed by atoms with Crippen molar-refractivity contribution in [2.75, 3.05) is 60.0 Å². The third-order valence-corrected chi connectivity index (χ3v) is 6.15. The van der Waals surface area contributed by atoms with Crippen molar-refractivity contribution in [2.24, 2.45) is 5.92 Å². The Morgan fingerprint density at radius 2 is 1.73 bits per heavy atom. The van der Waals surface area contributed by atoms with Crippen molar-refractivity contribution in [3.8, 4) is 5.75 Å². The van der Waals surface area contributed by atoms with E-state index in [1.807, 2.05) is 0 Å². The first-order valence-corrected chi connectivity index (χ1v) is 10.4. The summed E-state index contributed by atoms with van der Waals surface area (Å²) in [6.07, 6.45) is 5.07. The highest BCUT2D eigenvalue weighted by Crippen LogP contribution is 2.25. The molecule has 2 fully saturated rings. The summed E-state index contributed by atoms with van der Waals surface area (Å²) in [5, 5.41) is 0. The summed E-state index contributed by atoms with van der Waals surface area (Å²) < 4.78 is 5.63. The summed E-state index contributed by atoms with van der Waals surface area (Å²) >= 11 is 0. The quantitative estimate of drug-likeness (QED) is 0.744. The minimum atomic E-state index is 0.883. The van der Waals surface area contributed by atoms with Crippen LogP contribution >= 0.6 is 0 Å². The summed E-state index contributed by atoms with van der Waals surface area (Å²) in [5.41, 5.74) is 2.82. The maximum atomic E-state index is 5.63. The van der Waals surface area contributed by atoms with Gasteiger partial charge < -0.3 is 14.5 Å². The number of methoxy groups -OCH3 is 1. The second-order valence-corrected chi connectivity index (χ2v) is 8.35. The zero-order chi connectivity index (χ0) is 18.4. The molecule has 0 aromatic heterocycles. The summed E-state index contributed by atoms with van der Waals surface area (Å²) in [5.74, 6) is 1.93. The van der Waals surface area contributed by atoms with Gasteiger partial charge in [0.25, 0.3) is 0 Å². The Bertz CT molecular complexity index is 546. The van der Waals surface area contributed by atoms with Gasteiger partial charge in [0.05, 0.1) is 7.11 Å². The first kappa shape index (κ1) is 19.7. The van der Waals surface area contributed by atoms with Crippen LogP contribution in [0.4, 0.5) is 0 Å². The van der Waals surface area contributed by atoms with Gasteiger partial charge in [0.15, 0.2) is 0 Å². The van der Waals surface area contributed by atoms with Crippen molar-refractivity contribution in [3.63, 3.8) is 0 Å². The Morgan fingerprint density at radius 1 is 1.00 bits per heavy atom. The molecule has 0 aliphatic carbocycles. The molecule has 0 unspecified atom stereocenters. The molecule has 1 aromatic rings. The van der Waals surface area contributed by atoms with Gasteiger partial charge in [0.1, 0.15) is 5.75 Å². The molecule has 2 aliphatic heterocycles. The zero-order valence-corrected chi connectivity index (χ0v) is 17.0.